The van der Waals surface area contributed by atoms with E-state index in [4.69, 9.17) is 0 Å². The fourth-order valence-electron chi connectivity index (χ4n) is 2.57. The molecule has 24 heavy (non-hydrogen) atoms. The summed E-state index contributed by atoms with van der Waals surface area (Å²) >= 11 is 0. The van der Waals surface area contributed by atoms with Crippen LogP contribution < -0.4 is 4.90 Å². The van der Waals surface area contributed by atoms with Gasteiger partial charge in [0.25, 0.3) is 5.91 Å². The van der Waals surface area contributed by atoms with Crippen molar-refractivity contribution in [1.29, 1.82) is 0 Å². The lowest BCUT2D eigenvalue weighted by molar-refractivity contribution is 0.0766. The highest BCUT2D eigenvalue weighted by Crippen LogP contribution is 2.17. The van der Waals surface area contributed by atoms with Gasteiger partial charge in [0.2, 0.25) is 0 Å². The first kappa shape index (κ1) is 17.9. The zero-order valence-electron chi connectivity index (χ0n) is 14.9. The first-order valence-corrected chi connectivity index (χ1v) is 8.50. The van der Waals surface area contributed by atoms with Crippen LogP contribution in [0.3, 0.4) is 0 Å². The van der Waals surface area contributed by atoms with Gasteiger partial charge in [0.1, 0.15) is 0 Å². The van der Waals surface area contributed by atoms with E-state index in [9.17, 15) is 4.79 Å². The summed E-state index contributed by atoms with van der Waals surface area (Å²) in [7, 11) is 0. The standard InChI is InChI=1S/C19H26N4O/c1-5-22(6-2)19(24)17-12-13-18(21-20-17)23(15(3)4)14-16-10-8-7-9-11-16/h7-13,15H,5-6,14H2,1-4H3. The molecule has 2 aromatic rings. The van der Waals surface area contributed by atoms with Crippen molar-refractivity contribution in [2.24, 2.45) is 0 Å². The first-order chi connectivity index (χ1) is 11.6. The van der Waals surface area contributed by atoms with E-state index in [0.29, 0.717) is 18.8 Å². The van der Waals surface area contributed by atoms with Crippen LogP contribution in [0.5, 0.6) is 0 Å². The largest absolute Gasteiger partial charge is 0.348 e. The Morgan fingerprint density at radius 1 is 1.00 bits per heavy atom. The molecular weight excluding hydrogens is 300 g/mol. The van der Waals surface area contributed by atoms with Gasteiger partial charge in [-0.2, -0.15) is 0 Å². The van der Waals surface area contributed by atoms with Crippen molar-refractivity contribution in [1.82, 2.24) is 15.1 Å². The summed E-state index contributed by atoms with van der Waals surface area (Å²) < 4.78 is 0. The lowest BCUT2D eigenvalue weighted by Crippen LogP contribution is -2.33. The lowest BCUT2D eigenvalue weighted by atomic mass is 10.2. The maximum absolute atomic E-state index is 12.3. The van der Waals surface area contributed by atoms with Gasteiger partial charge < -0.3 is 9.80 Å². The normalized spacial score (nSPS) is 10.7. The number of aromatic nitrogens is 2. The van der Waals surface area contributed by atoms with E-state index in [2.05, 4.69) is 41.1 Å². The van der Waals surface area contributed by atoms with Crippen LogP contribution in [0.1, 0.15) is 43.7 Å². The van der Waals surface area contributed by atoms with Crippen LogP contribution in [0.15, 0.2) is 42.5 Å². The maximum Gasteiger partial charge on any atom is 0.274 e. The van der Waals surface area contributed by atoms with E-state index >= 15 is 0 Å². The minimum Gasteiger partial charge on any atom is -0.348 e. The van der Waals surface area contributed by atoms with Gasteiger partial charge in [0.15, 0.2) is 11.5 Å². The quantitative estimate of drug-likeness (QED) is 0.783. The molecule has 1 aromatic carbocycles. The van der Waals surface area contributed by atoms with Crippen molar-refractivity contribution in [3.63, 3.8) is 0 Å². The van der Waals surface area contributed by atoms with E-state index in [-0.39, 0.29) is 11.9 Å². The third kappa shape index (κ3) is 4.31. The van der Waals surface area contributed by atoms with E-state index in [1.165, 1.54) is 5.56 Å². The van der Waals surface area contributed by atoms with E-state index in [0.717, 1.165) is 12.4 Å². The van der Waals surface area contributed by atoms with Gasteiger partial charge in [-0.25, -0.2) is 0 Å². The molecule has 0 fully saturated rings. The van der Waals surface area contributed by atoms with Crippen molar-refractivity contribution in [2.75, 3.05) is 18.0 Å². The Bertz CT molecular complexity index is 636. The van der Waals surface area contributed by atoms with Gasteiger partial charge in [0.05, 0.1) is 0 Å². The molecular formula is C19H26N4O. The minimum absolute atomic E-state index is 0.0711. The second-order valence-corrected chi connectivity index (χ2v) is 5.96. The fraction of sp³-hybridized carbons (Fsp3) is 0.421. The maximum atomic E-state index is 12.3. The molecule has 0 radical (unpaired) electrons. The number of amides is 1. The van der Waals surface area contributed by atoms with Gasteiger partial charge >= 0.3 is 0 Å². The Balaban J connectivity index is 2.18. The average molecular weight is 326 g/mol. The Kier molecular flexibility index (Phi) is 6.29. The molecule has 0 saturated heterocycles. The average Bonchev–Trinajstić information content (AvgIpc) is 2.61. The number of carbonyl (C=O) groups excluding carboxylic acids is 1. The van der Waals surface area contributed by atoms with E-state index in [1.54, 1.807) is 11.0 Å². The molecule has 0 atom stereocenters. The highest BCUT2D eigenvalue weighted by molar-refractivity contribution is 5.92. The lowest BCUT2D eigenvalue weighted by Gasteiger charge is -2.27. The van der Waals surface area contributed by atoms with E-state index < -0.39 is 0 Å². The molecule has 5 heteroatoms. The molecule has 2 rings (SSSR count). The number of rotatable bonds is 7. The van der Waals surface area contributed by atoms with Crippen molar-refractivity contribution >= 4 is 11.7 Å². The molecule has 0 aliphatic heterocycles. The molecule has 1 aromatic heterocycles. The third-order valence-electron chi connectivity index (χ3n) is 4.03. The highest BCUT2D eigenvalue weighted by atomic mass is 16.2. The molecule has 1 heterocycles. The molecule has 0 spiro atoms. The number of carbonyl (C=O) groups is 1. The van der Waals surface area contributed by atoms with Crippen LogP contribution in [0.2, 0.25) is 0 Å². The third-order valence-corrected chi connectivity index (χ3v) is 4.03. The van der Waals surface area contributed by atoms with Crippen molar-refractivity contribution < 1.29 is 4.79 Å². The number of anilines is 1. The molecule has 5 nitrogen and oxygen atoms in total. The van der Waals surface area contributed by atoms with Gasteiger partial charge in [-0.15, -0.1) is 10.2 Å². The molecule has 0 aliphatic carbocycles. The van der Waals surface area contributed by atoms with Gasteiger partial charge in [-0.1, -0.05) is 30.3 Å². The van der Waals surface area contributed by atoms with E-state index in [1.807, 2.05) is 38.1 Å². The summed E-state index contributed by atoms with van der Waals surface area (Å²) in [6.45, 7) is 10.3. The second kappa shape index (κ2) is 8.43. The zero-order valence-corrected chi connectivity index (χ0v) is 14.9. The summed E-state index contributed by atoms with van der Waals surface area (Å²) in [6.07, 6.45) is 0. The smallest absolute Gasteiger partial charge is 0.274 e. The zero-order chi connectivity index (χ0) is 17.5. The molecule has 0 saturated carbocycles. The van der Waals surface area contributed by atoms with Crippen LogP contribution in [0.25, 0.3) is 0 Å². The predicted octanol–water partition coefficient (Wildman–Crippen LogP) is 3.37. The summed E-state index contributed by atoms with van der Waals surface area (Å²) in [4.78, 5) is 16.2. The van der Waals surface area contributed by atoms with Crippen LogP contribution in [0.4, 0.5) is 5.82 Å². The van der Waals surface area contributed by atoms with Crippen LogP contribution in [-0.2, 0) is 6.54 Å². The first-order valence-electron chi connectivity index (χ1n) is 8.50. The SMILES string of the molecule is CCN(CC)C(=O)c1ccc(N(Cc2ccccc2)C(C)C)nn1. The number of hydrogen-bond acceptors (Lipinski definition) is 4. The summed E-state index contributed by atoms with van der Waals surface area (Å²) in [5.41, 5.74) is 1.61. The summed E-state index contributed by atoms with van der Waals surface area (Å²) in [5.74, 6) is 0.711. The van der Waals surface area contributed by atoms with Crippen LogP contribution in [-0.4, -0.2) is 40.1 Å². The topological polar surface area (TPSA) is 49.3 Å². The van der Waals surface area contributed by atoms with Gasteiger partial charge in [-0.3, -0.25) is 4.79 Å². The molecule has 128 valence electrons. The van der Waals surface area contributed by atoms with Crippen LogP contribution in [0, 0.1) is 0 Å². The van der Waals surface area contributed by atoms with Gasteiger partial charge in [-0.05, 0) is 45.4 Å². The van der Waals surface area contributed by atoms with Crippen LogP contribution >= 0.6 is 0 Å². The Hall–Kier alpha value is -2.43. The molecule has 0 bridgehead atoms. The minimum atomic E-state index is -0.0711. The van der Waals surface area contributed by atoms with Crippen molar-refractivity contribution in [2.45, 2.75) is 40.3 Å². The highest BCUT2D eigenvalue weighted by Gasteiger charge is 2.17. The molecule has 0 unspecified atom stereocenters. The summed E-state index contributed by atoms with van der Waals surface area (Å²) in [6, 6.07) is 14.2. The fourth-order valence-corrected chi connectivity index (χ4v) is 2.57. The Morgan fingerprint density at radius 3 is 2.17 bits per heavy atom. The van der Waals surface area contributed by atoms with Gasteiger partial charge in [0, 0.05) is 25.7 Å². The number of nitrogens with zero attached hydrogens (tertiary/aromatic N) is 4. The number of hydrogen-bond donors (Lipinski definition) is 0. The van der Waals surface area contributed by atoms with Crippen molar-refractivity contribution in [3.05, 3.63) is 53.7 Å². The Labute approximate surface area is 144 Å². The monoisotopic (exact) mass is 326 g/mol. The Morgan fingerprint density at radius 2 is 1.67 bits per heavy atom. The molecule has 0 aliphatic rings. The summed E-state index contributed by atoms with van der Waals surface area (Å²) in [5, 5.41) is 8.45. The molecule has 1 amide bonds. The number of benzene rings is 1. The molecule has 0 N–H and O–H groups in total. The van der Waals surface area contributed by atoms with Crippen molar-refractivity contribution in [3.8, 4) is 0 Å². The second-order valence-electron chi connectivity index (χ2n) is 5.96. The predicted molar refractivity (Wildman–Crippen MR) is 97.0 cm³/mol.